The van der Waals surface area contributed by atoms with Gasteiger partial charge < -0.3 is 14.6 Å². The average molecular weight is 337 g/mol. The zero-order chi connectivity index (χ0) is 14.5. The molecule has 0 aliphatic rings. The van der Waals surface area contributed by atoms with Crippen LogP contribution >= 0.6 is 15.9 Å². The van der Waals surface area contributed by atoms with Gasteiger partial charge in [0.05, 0.1) is 13.2 Å². The molecule has 0 spiro atoms. The van der Waals surface area contributed by atoms with Crippen LogP contribution in [0.25, 0.3) is 0 Å². The second-order valence-electron chi connectivity index (χ2n) is 4.50. The van der Waals surface area contributed by atoms with E-state index in [0.29, 0.717) is 18.1 Å². The van der Waals surface area contributed by atoms with Crippen molar-refractivity contribution in [2.24, 2.45) is 0 Å². The molecule has 0 aliphatic heterocycles. The standard InChI is InChI=1S/C16H17BrO3/c1-11(18)13-6-7-15(16(9-13)19-2)20-10-12-4-3-5-14(17)8-12/h3-9,11,18H,10H2,1-2H3/t11-/m0/s1. The zero-order valence-electron chi connectivity index (χ0n) is 11.5. The Hall–Kier alpha value is -1.52. The first kappa shape index (κ1) is 14.9. The average Bonchev–Trinajstić information content (AvgIpc) is 2.45. The number of ether oxygens (including phenoxy) is 2. The highest BCUT2D eigenvalue weighted by molar-refractivity contribution is 9.10. The molecule has 0 heterocycles. The Morgan fingerprint density at radius 1 is 1.15 bits per heavy atom. The zero-order valence-corrected chi connectivity index (χ0v) is 13.1. The molecule has 2 aromatic carbocycles. The predicted octanol–water partition coefficient (Wildman–Crippen LogP) is 4.09. The van der Waals surface area contributed by atoms with E-state index in [1.807, 2.05) is 36.4 Å². The third-order valence-corrected chi connectivity index (χ3v) is 3.45. The molecule has 0 amide bonds. The lowest BCUT2D eigenvalue weighted by molar-refractivity contribution is 0.198. The Balaban J connectivity index is 2.13. The predicted molar refractivity (Wildman–Crippen MR) is 82.1 cm³/mol. The monoisotopic (exact) mass is 336 g/mol. The van der Waals surface area contributed by atoms with Gasteiger partial charge in [0.2, 0.25) is 0 Å². The summed E-state index contributed by atoms with van der Waals surface area (Å²) >= 11 is 3.43. The van der Waals surface area contributed by atoms with Crippen LogP contribution in [0.5, 0.6) is 11.5 Å². The van der Waals surface area contributed by atoms with Gasteiger partial charge in [-0.3, -0.25) is 0 Å². The van der Waals surface area contributed by atoms with Crippen molar-refractivity contribution < 1.29 is 14.6 Å². The fourth-order valence-corrected chi connectivity index (χ4v) is 2.30. The molecular weight excluding hydrogens is 320 g/mol. The highest BCUT2D eigenvalue weighted by atomic mass is 79.9. The molecule has 0 radical (unpaired) electrons. The molecule has 106 valence electrons. The Labute approximate surface area is 127 Å². The van der Waals surface area contributed by atoms with Crippen LogP contribution in [0.15, 0.2) is 46.9 Å². The van der Waals surface area contributed by atoms with Gasteiger partial charge in [-0.2, -0.15) is 0 Å². The molecule has 1 N–H and O–H groups in total. The Morgan fingerprint density at radius 3 is 2.60 bits per heavy atom. The molecule has 0 aromatic heterocycles. The summed E-state index contributed by atoms with van der Waals surface area (Å²) in [6.07, 6.45) is -0.525. The SMILES string of the molecule is COc1cc([C@H](C)O)ccc1OCc1cccc(Br)c1. The topological polar surface area (TPSA) is 38.7 Å². The van der Waals surface area contributed by atoms with Crippen molar-refractivity contribution in [2.75, 3.05) is 7.11 Å². The Kier molecular flexibility index (Phi) is 5.04. The number of methoxy groups -OCH3 is 1. The van der Waals surface area contributed by atoms with E-state index in [1.54, 1.807) is 20.1 Å². The van der Waals surface area contributed by atoms with Crippen LogP contribution in [0.4, 0.5) is 0 Å². The summed E-state index contributed by atoms with van der Waals surface area (Å²) in [7, 11) is 1.59. The lowest BCUT2D eigenvalue weighted by Crippen LogP contribution is -1.99. The van der Waals surface area contributed by atoms with Crippen LogP contribution < -0.4 is 9.47 Å². The van der Waals surface area contributed by atoms with Crippen molar-refractivity contribution in [3.63, 3.8) is 0 Å². The van der Waals surface area contributed by atoms with E-state index in [0.717, 1.165) is 15.6 Å². The maximum absolute atomic E-state index is 9.57. The molecular formula is C16H17BrO3. The normalized spacial score (nSPS) is 12.0. The van der Waals surface area contributed by atoms with Gasteiger partial charge in [-0.1, -0.05) is 34.1 Å². The van der Waals surface area contributed by atoms with Gasteiger partial charge >= 0.3 is 0 Å². The van der Waals surface area contributed by atoms with Gasteiger partial charge in [-0.25, -0.2) is 0 Å². The summed E-state index contributed by atoms with van der Waals surface area (Å²) in [4.78, 5) is 0. The quantitative estimate of drug-likeness (QED) is 0.893. The van der Waals surface area contributed by atoms with Gasteiger partial charge in [-0.15, -0.1) is 0 Å². The first-order valence-corrected chi connectivity index (χ1v) is 7.12. The van der Waals surface area contributed by atoms with E-state index >= 15 is 0 Å². The number of hydrogen-bond donors (Lipinski definition) is 1. The van der Waals surface area contributed by atoms with Crippen molar-refractivity contribution >= 4 is 15.9 Å². The van der Waals surface area contributed by atoms with Crippen LogP contribution in [0.3, 0.4) is 0 Å². The summed E-state index contributed by atoms with van der Waals surface area (Å²) in [6.45, 7) is 2.18. The minimum atomic E-state index is -0.525. The minimum absolute atomic E-state index is 0.462. The van der Waals surface area contributed by atoms with Gasteiger partial charge in [0, 0.05) is 4.47 Å². The number of halogens is 1. The highest BCUT2D eigenvalue weighted by Crippen LogP contribution is 2.31. The molecule has 0 saturated carbocycles. The molecule has 0 aliphatic carbocycles. The van der Waals surface area contributed by atoms with Crippen molar-refractivity contribution in [1.82, 2.24) is 0 Å². The van der Waals surface area contributed by atoms with Crippen LogP contribution in [0, 0.1) is 0 Å². The summed E-state index contributed by atoms with van der Waals surface area (Å²) in [5.41, 5.74) is 1.87. The van der Waals surface area contributed by atoms with E-state index in [2.05, 4.69) is 15.9 Å². The van der Waals surface area contributed by atoms with Gasteiger partial charge in [0.15, 0.2) is 11.5 Å². The molecule has 0 bridgehead atoms. The minimum Gasteiger partial charge on any atom is -0.493 e. The molecule has 4 heteroatoms. The van der Waals surface area contributed by atoms with Crippen molar-refractivity contribution in [3.8, 4) is 11.5 Å². The fraction of sp³-hybridized carbons (Fsp3) is 0.250. The summed E-state index contributed by atoms with van der Waals surface area (Å²) in [5, 5.41) is 9.57. The first-order chi connectivity index (χ1) is 9.60. The van der Waals surface area contributed by atoms with E-state index in [-0.39, 0.29) is 0 Å². The molecule has 3 nitrogen and oxygen atoms in total. The second kappa shape index (κ2) is 6.77. The number of aliphatic hydroxyl groups is 1. The van der Waals surface area contributed by atoms with E-state index < -0.39 is 6.10 Å². The molecule has 0 saturated heterocycles. The van der Waals surface area contributed by atoms with Crippen LogP contribution in [0.1, 0.15) is 24.2 Å². The molecule has 1 atom stereocenters. The highest BCUT2D eigenvalue weighted by Gasteiger charge is 2.09. The van der Waals surface area contributed by atoms with Gasteiger partial charge in [0.25, 0.3) is 0 Å². The number of aliphatic hydroxyl groups excluding tert-OH is 1. The van der Waals surface area contributed by atoms with Gasteiger partial charge in [-0.05, 0) is 42.3 Å². The summed E-state index contributed by atoms with van der Waals surface area (Å²) in [5.74, 6) is 1.29. The van der Waals surface area contributed by atoms with E-state index in [1.165, 1.54) is 0 Å². The molecule has 2 rings (SSSR count). The molecule has 2 aromatic rings. The smallest absolute Gasteiger partial charge is 0.161 e. The third kappa shape index (κ3) is 3.74. The summed E-state index contributed by atoms with van der Waals surface area (Å²) < 4.78 is 12.1. The van der Waals surface area contributed by atoms with Crippen molar-refractivity contribution in [3.05, 3.63) is 58.1 Å². The van der Waals surface area contributed by atoms with Crippen molar-refractivity contribution in [2.45, 2.75) is 19.6 Å². The molecule has 20 heavy (non-hydrogen) atoms. The van der Waals surface area contributed by atoms with E-state index in [4.69, 9.17) is 9.47 Å². The Bertz CT molecular complexity index is 582. The van der Waals surface area contributed by atoms with Crippen LogP contribution in [-0.2, 0) is 6.61 Å². The maximum atomic E-state index is 9.57. The van der Waals surface area contributed by atoms with Crippen LogP contribution in [0.2, 0.25) is 0 Å². The third-order valence-electron chi connectivity index (χ3n) is 2.95. The number of hydrogen-bond acceptors (Lipinski definition) is 3. The summed E-state index contributed by atoms with van der Waals surface area (Å²) in [6, 6.07) is 13.4. The lowest BCUT2D eigenvalue weighted by atomic mass is 10.1. The number of benzene rings is 2. The second-order valence-corrected chi connectivity index (χ2v) is 5.42. The Morgan fingerprint density at radius 2 is 1.95 bits per heavy atom. The van der Waals surface area contributed by atoms with E-state index in [9.17, 15) is 5.11 Å². The molecule has 0 unspecified atom stereocenters. The maximum Gasteiger partial charge on any atom is 0.161 e. The molecule has 0 fully saturated rings. The number of rotatable bonds is 5. The largest absolute Gasteiger partial charge is 0.493 e. The van der Waals surface area contributed by atoms with Crippen molar-refractivity contribution in [1.29, 1.82) is 0 Å². The van der Waals surface area contributed by atoms with Crippen LogP contribution in [-0.4, -0.2) is 12.2 Å². The first-order valence-electron chi connectivity index (χ1n) is 6.33. The lowest BCUT2D eigenvalue weighted by Gasteiger charge is -2.13. The fourth-order valence-electron chi connectivity index (χ4n) is 1.85. The van der Waals surface area contributed by atoms with Gasteiger partial charge in [0.1, 0.15) is 6.61 Å².